The molecule has 0 aliphatic rings. The minimum atomic E-state index is -2.28. The molecule has 0 fully saturated rings. The summed E-state index contributed by atoms with van der Waals surface area (Å²) in [6.07, 6.45) is 0. The Balaban J connectivity index is 2.46. The van der Waals surface area contributed by atoms with Crippen LogP contribution in [0.25, 0.3) is 0 Å². The molecule has 21 heavy (non-hydrogen) atoms. The zero-order chi connectivity index (χ0) is 16.0. The van der Waals surface area contributed by atoms with Crippen LogP contribution in [0, 0.1) is 5.92 Å². The molecule has 6 heteroatoms. The van der Waals surface area contributed by atoms with E-state index in [-0.39, 0.29) is 23.3 Å². The van der Waals surface area contributed by atoms with Gasteiger partial charge in [0.05, 0.1) is 18.6 Å². The third-order valence-electron chi connectivity index (χ3n) is 3.18. The van der Waals surface area contributed by atoms with Crippen LogP contribution in [0.1, 0.15) is 33.3 Å². The van der Waals surface area contributed by atoms with Gasteiger partial charge in [-0.25, -0.2) is 0 Å². The van der Waals surface area contributed by atoms with Crippen molar-refractivity contribution in [2.45, 2.75) is 38.5 Å². The summed E-state index contributed by atoms with van der Waals surface area (Å²) in [6.45, 7) is 8.82. The van der Waals surface area contributed by atoms with Gasteiger partial charge in [0.25, 0.3) is 0 Å². The van der Waals surface area contributed by atoms with Gasteiger partial charge in [-0.2, -0.15) is 4.21 Å². The molecule has 0 saturated heterocycles. The molecule has 0 bridgehead atoms. The molecule has 1 rings (SSSR count). The molecule has 120 valence electrons. The van der Waals surface area contributed by atoms with Gasteiger partial charge in [-0.3, -0.25) is 8.74 Å². The fourth-order valence-corrected chi connectivity index (χ4v) is 2.14. The van der Waals surface area contributed by atoms with Crippen LogP contribution in [0.5, 0.6) is 5.75 Å². The van der Waals surface area contributed by atoms with Crippen LogP contribution in [-0.4, -0.2) is 27.4 Å². The first-order chi connectivity index (χ1) is 9.70. The highest BCUT2D eigenvalue weighted by atomic mass is 35.5. The van der Waals surface area contributed by atoms with Crippen molar-refractivity contribution in [2.24, 2.45) is 5.92 Å². The van der Waals surface area contributed by atoms with E-state index in [2.05, 4.69) is 37.1 Å². The molecule has 1 aromatic carbocycles. The van der Waals surface area contributed by atoms with Crippen LogP contribution >= 0.6 is 11.6 Å². The van der Waals surface area contributed by atoms with Gasteiger partial charge in [-0.1, -0.05) is 39.8 Å². The molecule has 0 amide bonds. The molecule has 4 nitrogen and oxygen atoms in total. The molecule has 0 aliphatic heterocycles. The lowest BCUT2D eigenvalue weighted by molar-refractivity contribution is 0.221. The second-order valence-electron chi connectivity index (χ2n) is 6.08. The number of benzene rings is 1. The molecule has 0 aromatic heterocycles. The quantitative estimate of drug-likeness (QED) is 0.609. The van der Waals surface area contributed by atoms with E-state index in [1.165, 1.54) is 5.56 Å². The van der Waals surface area contributed by atoms with Crippen LogP contribution in [0.3, 0.4) is 0 Å². The zero-order valence-electron chi connectivity index (χ0n) is 12.8. The van der Waals surface area contributed by atoms with Gasteiger partial charge in [0, 0.05) is 5.92 Å². The maximum Gasteiger partial charge on any atom is 0.301 e. The standard InChI is InChI=1S/C15H23ClO4S/c1-11(14(16)10-20-21(17)18)9-19-13-7-5-12(6-8-13)15(2,3)4/h5-8,11,14H,9-10H2,1-4H3,(H,17,18). The summed E-state index contributed by atoms with van der Waals surface area (Å²) in [4.78, 5) is 0. The van der Waals surface area contributed by atoms with Crippen molar-refractivity contribution in [1.29, 1.82) is 0 Å². The summed E-state index contributed by atoms with van der Waals surface area (Å²) in [7, 11) is 0. The number of hydrogen-bond acceptors (Lipinski definition) is 3. The first-order valence-corrected chi connectivity index (χ1v) is 8.28. The lowest BCUT2D eigenvalue weighted by atomic mass is 9.87. The summed E-state index contributed by atoms with van der Waals surface area (Å²) in [5, 5.41) is -0.380. The van der Waals surface area contributed by atoms with Gasteiger partial charge in [0.2, 0.25) is 0 Å². The summed E-state index contributed by atoms with van der Waals surface area (Å²) in [5.74, 6) is 0.780. The molecular weight excluding hydrogens is 312 g/mol. The van der Waals surface area contributed by atoms with Crippen LogP contribution in [-0.2, 0) is 21.0 Å². The van der Waals surface area contributed by atoms with Crippen molar-refractivity contribution < 1.29 is 17.7 Å². The van der Waals surface area contributed by atoms with Gasteiger partial charge < -0.3 is 4.74 Å². The predicted octanol–water partition coefficient (Wildman–Crippen LogP) is 3.76. The summed E-state index contributed by atoms with van der Waals surface area (Å²) >= 11 is 3.80. The van der Waals surface area contributed by atoms with E-state index in [1.807, 2.05) is 19.1 Å². The molecule has 0 aliphatic carbocycles. The number of hydrogen-bond donors (Lipinski definition) is 1. The third kappa shape index (κ3) is 6.78. The fourth-order valence-electron chi connectivity index (χ4n) is 1.67. The normalized spacial score (nSPS) is 16.3. The number of halogens is 1. The first-order valence-electron chi connectivity index (χ1n) is 6.81. The molecule has 0 radical (unpaired) electrons. The highest BCUT2D eigenvalue weighted by Crippen LogP contribution is 2.24. The van der Waals surface area contributed by atoms with Crippen LogP contribution in [0.15, 0.2) is 24.3 Å². The summed E-state index contributed by atoms with van der Waals surface area (Å²) in [5.41, 5.74) is 1.36. The smallest absolute Gasteiger partial charge is 0.301 e. The van der Waals surface area contributed by atoms with Crippen LogP contribution in [0.4, 0.5) is 0 Å². The Hall–Kier alpha value is -0.620. The van der Waals surface area contributed by atoms with Gasteiger partial charge in [-0.05, 0) is 23.1 Å². The molecule has 3 unspecified atom stereocenters. The number of ether oxygens (including phenoxy) is 1. The Morgan fingerprint density at radius 1 is 1.24 bits per heavy atom. The van der Waals surface area contributed by atoms with Gasteiger partial charge in [0.15, 0.2) is 0 Å². The Labute approximate surface area is 134 Å². The average Bonchev–Trinajstić information content (AvgIpc) is 2.41. The Morgan fingerprint density at radius 3 is 2.29 bits per heavy atom. The van der Waals surface area contributed by atoms with Crippen LogP contribution < -0.4 is 4.74 Å². The Morgan fingerprint density at radius 2 is 1.81 bits per heavy atom. The minimum Gasteiger partial charge on any atom is -0.493 e. The van der Waals surface area contributed by atoms with Crippen LogP contribution in [0.2, 0.25) is 0 Å². The van der Waals surface area contributed by atoms with E-state index < -0.39 is 11.4 Å². The molecular formula is C15H23ClO4S. The molecule has 0 saturated carbocycles. The molecule has 1 aromatic rings. The monoisotopic (exact) mass is 334 g/mol. The molecule has 0 heterocycles. The lowest BCUT2D eigenvalue weighted by Gasteiger charge is -2.20. The highest BCUT2D eigenvalue weighted by molar-refractivity contribution is 7.74. The number of alkyl halides is 1. The second-order valence-corrected chi connectivity index (χ2v) is 7.31. The van der Waals surface area contributed by atoms with Crippen molar-refractivity contribution in [3.63, 3.8) is 0 Å². The molecule has 1 N–H and O–H groups in total. The lowest BCUT2D eigenvalue weighted by Crippen LogP contribution is -2.24. The topological polar surface area (TPSA) is 55.8 Å². The largest absolute Gasteiger partial charge is 0.493 e. The van der Waals surface area contributed by atoms with Crippen molar-refractivity contribution in [1.82, 2.24) is 0 Å². The predicted molar refractivity (Wildman–Crippen MR) is 86.2 cm³/mol. The zero-order valence-corrected chi connectivity index (χ0v) is 14.4. The van der Waals surface area contributed by atoms with Gasteiger partial charge in [0.1, 0.15) is 5.75 Å². The maximum atomic E-state index is 10.4. The summed E-state index contributed by atoms with van der Waals surface area (Å²) in [6, 6.07) is 7.98. The van der Waals surface area contributed by atoms with Gasteiger partial charge >= 0.3 is 11.4 Å². The summed E-state index contributed by atoms with van der Waals surface area (Å²) < 4.78 is 29.2. The Kier molecular flexibility index (Phi) is 7.13. The van der Waals surface area contributed by atoms with Gasteiger partial charge in [-0.15, -0.1) is 11.6 Å². The Bertz CT molecular complexity index is 456. The molecule has 0 spiro atoms. The SMILES string of the molecule is CC(COc1ccc(C(C)(C)C)cc1)C(Cl)COS(=O)O. The fraction of sp³-hybridized carbons (Fsp3) is 0.600. The van der Waals surface area contributed by atoms with E-state index in [1.54, 1.807) is 0 Å². The van der Waals surface area contributed by atoms with E-state index in [0.29, 0.717) is 6.61 Å². The number of rotatable bonds is 7. The van der Waals surface area contributed by atoms with Crippen molar-refractivity contribution >= 4 is 23.0 Å². The minimum absolute atomic E-state index is 0.00231. The van der Waals surface area contributed by atoms with E-state index >= 15 is 0 Å². The van der Waals surface area contributed by atoms with Crippen molar-refractivity contribution in [2.75, 3.05) is 13.2 Å². The third-order valence-corrected chi connectivity index (χ3v) is 4.07. The first kappa shape index (κ1) is 18.4. The maximum absolute atomic E-state index is 10.4. The van der Waals surface area contributed by atoms with E-state index in [0.717, 1.165) is 5.75 Å². The van der Waals surface area contributed by atoms with Crippen molar-refractivity contribution in [3.8, 4) is 5.75 Å². The second kappa shape index (κ2) is 8.13. The van der Waals surface area contributed by atoms with E-state index in [9.17, 15) is 4.21 Å². The molecule has 3 atom stereocenters. The average molecular weight is 335 g/mol. The highest BCUT2D eigenvalue weighted by Gasteiger charge is 2.17. The van der Waals surface area contributed by atoms with Crippen molar-refractivity contribution in [3.05, 3.63) is 29.8 Å². The van der Waals surface area contributed by atoms with E-state index in [4.69, 9.17) is 20.9 Å².